The molecule has 2 rings (SSSR count). The third-order valence-electron chi connectivity index (χ3n) is 2.86. The Morgan fingerprint density at radius 1 is 1.35 bits per heavy atom. The molecule has 9 heteroatoms. The van der Waals surface area contributed by atoms with Crippen LogP contribution in [0.4, 0.5) is 23.0 Å². The second-order valence-electron chi connectivity index (χ2n) is 4.55. The minimum absolute atomic E-state index is 0.0247. The normalized spacial score (nSPS) is 10.3. The molecule has 0 atom stereocenters. The molecular weight excluding hydrogens is 296 g/mol. The number of imidazole rings is 1. The first kappa shape index (κ1) is 15.7. The lowest BCUT2D eigenvalue weighted by molar-refractivity contribution is -0.114. The van der Waals surface area contributed by atoms with E-state index < -0.39 is 0 Å². The van der Waals surface area contributed by atoms with Crippen LogP contribution in [0, 0.1) is 22.7 Å². The van der Waals surface area contributed by atoms with Gasteiger partial charge in [0.25, 0.3) is 5.95 Å². The summed E-state index contributed by atoms with van der Waals surface area (Å²) in [5.74, 6) is -0.175. The number of hydrogen-bond donors (Lipinski definition) is 2. The van der Waals surface area contributed by atoms with Gasteiger partial charge in [-0.2, -0.15) is 15.5 Å². The molecule has 0 unspecified atom stereocenters. The Morgan fingerprint density at radius 3 is 2.65 bits per heavy atom. The smallest absolute Gasteiger partial charge is 0.251 e. The first-order valence-corrected chi connectivity index (χ1v) is 6.42. The number of azo groups is 1. The van der Waals surface area contributed by atoms with Crippen LogP contribution in [0.5, 0.6) is 0 Å². The van der Waals surface area contributed by atoms with Gasteiger partial charge in [-0.25, -0.2) is 0 Å². The van der Waals surface area contributed by atoms with Crippen LogP contribution in [-0.2, 0) is 11.8 Å². The maximum Gasteiger partial charge on any atom is 0.251 e. The van der Waals surface area contributed by atoms with E-state index in [4.69, 9.17) is 16.3 Å². The van der Waals surface area contributed by atoms with Crippen LogP contribution in [0.1, 0.15) is 18.3 Å². The highest BCUT2D eigenvalue weighted by molar-refractivity contribution is 5.92. The number of nitrogen functional groups attached to an aromatic ring is 1. The standard InChI is InChI=1S/C14H12N8O/c1-8(23)18-11-5-9(17)3-4-10(11)20-21-14-19-12(6-15)13(7-16)22(14)2/h3-5H,17H2,1-2H3,(H,18,23)/b21-20+. The van der Waals surface area contributed by atoms with Crippen LogP contribution in [0.3, 0.4) is 0 Å². The second kappa shape index (κ2) is 6.37. The van der Waals surface area contributed by atoms with Gasteiger partial charge in [0.15, 0.2) is 11.4 Å². The molecule has 0 saturated heterocycles. The molecule has 9 nitrogen and oxygen atoms in total. The second-order valence-corrected chi connectivity index (χ2v) is 4.55. The number of rotatable bonds is 3. The van der Waals surface area contributed by atoms with E-state index in [9.17, 15) is 4.79 Å². The molecule has 0 aliphatic heterocycles. The third kappa shape index (κ3) is 3.31. The van der Waals surface area contributed by atoms with Crippen molar-refractivity contribution in [1.82, 2.24) is 9.55 Å². The summed E-state index contributed by atoms with van der Waals surface area (Å²) in [5.41, 5.74) is 6.99. The van der Waals surface area contributed by atoms with E-state index in [0.717, 1.165) is 0 Å². The fourth-order valence-corrected chi connectivity index (χ4v) is 1.81. The molecule has 0 spiro atoms. The molecule has 0 aliphatic carbocycles. The highest BCUT2D eigenvalue weighted by atomic mass is 16.1. The number of nitrogens with one attached hydrogen (secondary N) is 1. The number of amides is 1. The monoisotopic (exact) mass is 308 g/mol. The van der Waals surface area contributed by atoms with Gasteiger partial charge in [-0.3, -0.25) is 4.79 Å². The van der Waals surface area contributed by atoms with E-state index >= 15 is 0 Å². The van der Waals surface area contributed by atoms with Crippen LogP contribution < -0.4 is 11.1 Å². The molecule has 1 aromatic heterocycles. The molecule has 1 aromatic carbocycles. The van der Waals surface area contributed by atoms with Gasteiger partial charge in [0.2, 0.25) is 5.91 Å². The van der Waals surface area contributed by atoms with Gasteiger partial charge in [-0.1, -0.05) is 0 Å². The number of nitriles is 2. The van der Waals surface area contributed by atoms with Gasteiger partial charge in [0, 0.05) is 19.7 Å². The van der Waals surface area contributed by atoms with Crippen LogP contribution >= 0.6 is 0 Å². The molecule has 2 aromatic rings. The summed E-state index contributed by atoms with van der Waals surface area (Å²) in [6.45, 7) is 1.36. The molecule has 3 N–H and O–H groups in total. The van der Waals surface area contributed by atoms with Gasteiger partial charge < -0.3 is 15.6 Å². The molecular formula is C14H12N8O. The van der Waals surface area contributed by atoms with Gasteiger partial charge >= 0.3 is 0 Å². The predicted octanol–water partition coefficient (Wildman–Crippen LogP) is 2.12. The molecule has 0 radical (unpaired) electrons. The average molecular weight is 308 g/mol. The summed E-state index contributed by atoms with van der Waals surface area (Å²) in [5, 5.41) is 28.5. The molecule has 0 fully saturated rings. The van der Waals surface area contributed by atoms with E-state index in [1.807, 2.05) is 12.1 Å². The van der Waals surface area contributed by atoms with E-state index in [1.165, 1.54) is 11.5 Å². The molecule has 114 valence electrons. The predicted molar refractivity (Wildman–Crippen MR) is 82.0 cm³/mol. The largest absolute Gasteiger partial charge is 0.399 e. The van der Waals surface area contributed by atoms with E-state index in [-0.39, 0.29) is 23.2 Å². The van der Waals surface area contributed by atoms with Crippen molar-refractivity contribution in [2.24, 2.45) is 17.3 Å². The number of aromatic nitrogens is 2. The summed E-state index contributed by atoms with van der Waals surface area (Å²) in [7, 11) is 1.55. The van der Waals surface area contributed by atoms with Gasteiger partial charge in [-0.05, 0) is 18.2 Å². The Hall–Kier alpha value is -3.72. The summed E-state index contributed by atoms with van der Waals surface area (Å²) in [6, 6.07) is 8.45. The van der Waals surface area contributed by atoms with Crippen molar-refractivity contribution in [2.45, 2.75) is 6.92 Å². The lowest BCUT2D eigenvalue weighted by Gasteiger charge is -2.06. The molecule has 23 heavy (non-hydrogen) atoms. The SMILES string of the molecule is CC(=O)Nc1cc(N)ccc1/N=N/c1nc(C#N)c(C#N)n1C. The van der Waals surface area contributed by atoms with E-state index in [2.05, 4.69) is 20.5 Å². The molecule has 1 amide bonds. The van der Waals surface area contributed by atoms with E-state index in [1.54, 1.807) is 25.2 Å². The summed E-state index contributed by atoms with van der Waals surface area (Å²) < 4.78 is 1.36. The van der Waals surface area contributed by atoms with Crippen molar-refractivity contribution < 1.29 is 4.79 Å². The number of nitrogens with zero attached hydrogens (tertiary/aromatic N) is 6. The fourth-order valence-electron chi connectivity index (χ4n) is 1.81. The summed E-state index contributed by atoms with van der Waals surface area (Å²) >= 11 is 0. The number of nitrogens with two attached hydrogens (primary N) is 1. The van der Waals surface area contributed by atoms with E-state index in [0.29, 0.717) is 17.1 Å². The number of benzene rings is 1. The van der Waals surface area contributed by atoms with Crippen LogP contribution in [-0.4, -0.2) is 15.5 Å². The lowest BCUT2D eigenvalue weighted by Crippen LogP contribution is -2.06. The van der Waals surface area contributed by atoms with Gasteiger partial charge in [0.1, 0.15) is 17.8 Å². The average Bonchev–Trinajstić information content (AvgIpc) is 2.81. The highest BCUT2D eigenvalue weighted by Crippen LogP contribution is 2.29. The number of carbonyl (C=O) groups excluding carboxylic acids is 1. The zero-order valence-corrected chi connectivity index (χ0v) is 12.4. The van der Waals surface area contributed by atoms with Crippen molar-refractivity contribution >= 4 is 28.9 Å². The summed E-state index contributed by atoms with van der Waals surface area (Å²) in [6.07, 6.45) is 0. The minimum Gasteiger partial charge on any atom is -0.399 e. The molecule has 0 bridgehead atoms. The summed E-state index contributed by atoms with van der Waals surface area (Å²) in [4.78, 5) is 15.1. The third-order valence-corrected chi connectivity index (χ3v) is 2.86. The first-order valence-electron chi connectivity index (χ1n) is 6.42. The van der Waals surface area contributed by atoms with Crippen LogP contribution in [0.15, 0.2) is 28.4 Å². The highest BCUT2D eigenvalue weighted by Gasteiger charge is 2.14. The van der Waals surface area contributed by atoms with Gasteiger partial charge in [0.05, 0.1) is 5.69 Å². The quantitative estimate of drug-likeness (QED) is 0.658. The van der Waals surface area contributed by atoms with Crippen LogP contribution in [0.2, 0.25) is 0 Å². The minimum atomic E-state index is -0.275. The lowest BCUT2D eigenvalue weighted by atomic mass is 10.2. The maximum absolute atomic E-state index is 11.2. The zero-order chi connectivity index (χ0) is 17.0. The first-order chi connectivity index (χ1) is 11.0. The Kier molecular flexibility index (Phi) is 4.34. The fraction of sp³-hybridized carbons (Fsp3) is 0.143. The van der Waals surface area contributed by atoms with Crippen molar-refractivity contribution in [2.75, 3.05) is 11.1 Å². The van der Waals surface area contributed by atoms with Crippen LogP contribution in [0.25, 0.3) is 0 Å². The molecule has 0 saturated carbocycles. The zero-order valence-electron chi connectivity index (χ0n) is 12.4. The van der Waals surface area contributed by atoms with Crippen molar-refractivity contribution in [3.8, 4) is 12.1 Å². The number of anilines is 2. The van der Waals surface area contributed by atoms with Crippen molar-refractivity contribution in [3.05, 3.63) is 29.6 Å². The van der Waals surface area contributed by atoms with Gasteiger partial charge in [-0.15, -0.1) is 10.2 Å². The Bertz CT molecular complexity index is 881. The Labute approximate surface area is 131 Å². The Morgan fingerprint density at radius 2 is 2.09 bits per heavy atom. The molecule has 0 aliphatic rings. The maximum atomic E-state index is 11.2. The number of carbonyl (C=O) groups is 1. The molecule has 1 heterocycles. The Balaban J connectivity index is 2.42. The van der Waals surface area contributed by atoms with Crippen molar-refractivity contribution in [3.63, 3.8) is 0 Å². The number of hydrogen-bond acceptors (Lipinski definition) is 7. The topological polar surface area (TPSA) is 145 Å². The van der Waals surface area contributed by atoms with Crippen molar-refractivity contribution in [1.29, 1.82) is 10.5 Å².